The molecule has 17 heavy (non-hydrogen) atoms. The molecular weight excluding hydrogens is 276 g/mol. The second-order valence-electron chi connectivity index (χ2n) is 4.28. The van der Waals surface area contributed by atoms with Crippen molar-refractivity contribution >= 4 is 15.9 Å². The molecule has 1 nitrogen and oxygen atoms in total. The lowest BCUT2D eigenvalue weighted by Gasteiger charge is -2.17. The molecule has 0 N–H and O–H groups in total. The molecule has 0 radical (unpaired) electrons. The van der Waals surface area contributed by atoms with Crippen molar-refractivity contribution in [3.63, 3.8) is 0 Å². The first-order valence-electron chi connectivity index (χ1n) is 5.77. The smallest absolute Gasteiger partial charge is 0.0919 e. The predicted octanol–water partition coefficient (Wildman–Crippen LogP) is 3.98. The van der Waals surface area contributed by atoms with E-state index < -0.39 is 0 Å². The van der Waals surface area contributed by atoms with Gasteiger partial charge >= 0.3 is 0 Å². The fourth-order valence-electron chi connectivity index (χ4n) is 2.23. The SMILES string of the molecule is Brc1ccccc1C(c1ccccc1)C1CO1. The summed E-state index contributed by atoms with van der Waals surface area (Å²) in [5.74, 6) is 0.340. The molecule has 2 unspecified atom stereocenters. The molecule has 0 spiro atoms. The van der Waals surface area contributed by atoms with Crippen molar-refractivity contribution in [2.45, 2.75) is 12.0 Å². The molecule has 1 aliphatic rings. The number of benzene rings is 2. The van der Waals surface area contributed by atoms with E-state index in [0.717, 1.165) is 11.1 Å². The van der Waals surface area contributed by atoms with Gasteiger partial charge in [-0.2, -0.15) is 0 Å². The van der Waals surface area contributed by atoms with Crippen LogP contribution in [-0.4, -0.2) is 12.7 Å². The Morgan fingerprint density at radius 1 is 1.00 bits per heavy atom. The van der Waals surface area contributed by atoms with Gasteiger partial charge in [-0.3, -0.25) is 0 Å². The monoisotopic (exact) mass is 288 g/mol. The van der Waals surface area contributed by atoms with Crippen LogP contribution in [0, 0.1) is 0 Å². The Morgan fingerprint density at radius 3 is 2.29 bits per heavy atom. The molecule has 1 aliphatic heterocycles. The van der Waals surface area contributed by atoms with Crippen LogP contribution in [0.15, 0.2) is 59.1 Å². The molecule has 0 aliphatic carbocycles. The molecule has 0 amide bonds. The summed E-state index contributed by atoms with van der Waals surface area (Å²) in [7, 11) is 0. The summed E-state index contributed by atoms with van der Waals surface area (Å²) in [5, 5.41) is 0. The summed E-state index contributed by atoms with van der Waals surface area (Å²) in [6.07, 6.45) is 0.330. The van der Waals surface area contributed by atoms with Gasteiger partial charge in [-0.15, -0.1) is 0 Å². The van der Waals surface area contributed by atoms with Crippen molar-refractivity contribution in [1.29, 1.82) is 0 Å². The molecule has 1 heterocycles. The zero-order valence-corrected chi connectivity index (χ0v) is 10.9. The fourth-order valence-corrected chi connectivity index (χ4v) is 2.76. The number of epoxide rings is 1. The maximum Gasteiger partial charge on any atom is 0.0919 e. The van der Waals surface area contributed by atoms with E-state index in [1.165, 1.54) is 11.1 Å². The maximum atomic E-state index is 5.51. The lowest BCUT2D eigenvalue weighted by atomic mass is 9.89. The van der Waals surface area contributed by atoms with Gasteiger partial charge in [-0.1, -0.05) is 64.5 Å². The predicted molar refractivity (Wildman–Crippen MR) is 72.2 cm³/mol. The lowest BCUT2D eigenvalue weighted by molar-refractivity contribution is 0.389. The van der Waals surface area contributed by atoms with Crippen LogP contribution in [-0.2, 0) is 4.74 Å². The van der Waals surface area contributed by atoms with Crippen molar-refractivity contribution in [2.75, 3.05) is 6.61 Å². The van der Waals surface area contributed by atoms with E-state index in [1.54, 1.807) is 0 Å². The maximum absolute atomic E-state index is 5.51. The summed E-state index contributed by atoms with van der Waals surface area (Å²) < 4.78 is 6.67. The Bertz CT molecular complexity index is 505. The first-order chi connectivity index (χ1) is 8.36. The highest BCUT2D eigenvalue weighted by Crippen LogP contribution is 2.38. The zero-order chi connectivity index (χ0) is 11.7. The van der Waals surface area contributed by atoms with Crippen LogP contribution in [0.2, 0.25) is 0 Å². The van der Waals surface area contributed by atoms with E-state index in [1.807, 2.05) is 12.1 Å². The molecule has 0 saturated carbocycles. The van der Waals surface area contributed by atoms with Gasteiger partial charge < -0.3 is 4.74 Å². The Balaban J connectivity index is 2.04. The summed E-state index contributed by atoms with van der Waals surface area (Å²) in [6.45, 7) is 0.862. The van der Waals surface area contributed by atoms with E-state index in [-0.39, 0.29) is 0 Å². The van der Waals surface area contributed by atoms with Crippen molar-refractivity contribution in [3.05, 3.63) is 70.2 Å². The van der Waals surface area contributed by atoms with E-state index >= 15 is 0 Å². The van der Waals surface area contributed by atoms with E-state index in [2.05, 4.69) is 58.4 Å². The zero-order valence-electron chi connectivity index (χ0n) is 9.34. The third-order valence-corrected chi connectivity index (χ3v) is 3.85. The molecule has 1 saturated heterocycles. The largest absolute Gasteiger partial charge is 0.372 e. The van der Waals surface area contributed by atoms with Crippen LogP contribution in [0.5, 0.6) is 0 Å². The van der Waals surface area contributed by atoms with Crippen LogP contribution < -0.4 is 0 Å². The molecule has 2 atom stereocenters. The second-order valence-corrected chi connectivity index (χ2v) is 5.14. The highest BCUT2D eigenvalue weighted by atomic mass is 79.9. The number of hydrogen-bond acceptors (Lipinski definition) is 1. The first-order valence-corrected chi connectivity index (χ1v) is 6.56. The van der Waals surface area contributed by atoms with Gasteiger partial charge in [0.05, 0.1) is 12.7 Å². The van der Waals surface area contributed by atoms with Gasteiger partial charge in [0.2, 0.25) is 0 Å². The third-order valence-electron chi connectivity index (χ3n) is 3.13. The number of rotatable bonds is 3. The molecule has 1 fully saturated rings. The summed E-state index contributed by atoms with van der Waals surface area (Å²) >= 11 is 3.63. The molecule has 3 rings (SSSR count). The van der Waals surface area contributed by atoms with E-state index in [0.29, 0.717) is 12.0 Å². The van der Waals surface area contributed by atoms with Crippen LogP contribution in [0.25, 0.3) is 0 Å². The Morgan fingerprint density at radius 2 is 1.65 bits per heavy atom. The molecule has 0 bridgehead atoms. The second kappa shape index (κ2) is 4.63. The van der Waals surface area contributed by atoms with Gasteiger partial charge in [0.1, 0.15) is 0 Å². The first kappa shape index (κ1) is 11.0. The quantitative estimate of drug-likeness (QED) is 0.779. The summed E-state index contributed by atoms with van der Waals surface area (Å²) in [4.78, 5) is 0. The Labute approximate surface area is 110 Å². The Kier molecular flexibility index (Phi) is 3.00. The van der Waals surface area contributed by atoms with Crippen molar-refractivity contribution < 1.29 is 4.74 Å². The normalized spacial score (nSPS) is 19.9. The molecule has 2 aromatic carbocycles. The lowest BCUT2D eigenvalue weighted by Crippen LogP contribution is -2.08. The number of ether oxygens (including phenoxy) is 1. The van der Waals surface area contributed by atoms with Crippen molar-refractivity contribution in [1.82, 2.24) is 0 Å². The van der Waals surface area contributed by atoms with Crippen molar-refractivity contribution in [3.8, 4) is 0 Å². The number of hydrogen-bond donors (Lipinski definition) is 0. The van der Waals surface area contributed by atoms with Crippen LogP contribution in [0.1, 0.15) is 17.0 Å². The average molecular weight is 289 g/mol. The topological polar surface area (TPSA) is 12.5 Å². The van der Waals surface area contributed by atoms with Crippen molar-refractivity contribution in [2.24, 2.45) is 0 Å². The minimum Gasteiger partial charge on any atom is -0.372 e. The minimum atomic E-state index is 0.330. The molecular formula is C15H13BrO. The third kappa shape index (κ3) is 2.28. The van der Waals surface area contributed by atoms with Gasteiger partial charge in [-0.05, 0) is 17.2 Å². The van der Waals surface area contributed by atoms with Crippen LogP contribution >= 0.6 is 15.9 Å². The highest BCUT2D eigenvalue weighted by molar-refractivity contribution is 9.10. The van der Waals surface area contributed by atoms with E-state index in [9.17, 15) is 0 Å². The molecule has 0 aromatic heterocycles. The number of halogens is 1. The van der Waals surface area contributed by atoms with Crippen LogP contribution in [0.3, 0.4) is 0 Å². The average Bonchev–Trinajstić information content (AvgIpc) is 3.18. The molecule has 2 aromatic rings. The molecule has 2 heteroatoms. The minimum absolute atomic E-state index is 0.330. The molecule has 86 valence electrons. The fraction of sp³-hybridized carbons (Fsp3) is 0.200. The van der Waals surface area contributed by atoms with Crippen LogP contribution in [0.4, 0.5) is 0 Å². The van der Waals surface area contributed by atoms with Gasteiger partial charge in [0.25, 0.3) is 0 Å². The summed E-state index contributed by atoms with van der Waals surface area (Å²) in [6, 6.07) is 19.0. The van der Waals surface area contributed by atoms with Gasteiger partial charge in [0, 0.05) is 10.4 Å². The van der Waals surface area contributed by atoms with Gasteiger partial charge in [-0.25, -0.2) is 0 Å². The van der Waals surface area contributed by atoms with E-state index in [4.69, 9.17) is 4.74 Å². The van der Waals surface area contributed by atoms with Gasteiger partial charge in [0.15, 0.2) is 0 Å². The Hall–Kier alpha value is -1.12. The standard InChI is InChI=1S/C15H13BrO/c16-13-9-5-4-8-12(13)15(14-10-17-14)11-6-2-1-3-7-11/h1-9,14-15H,10H2. The highest BCUT2D eigenvalue weighted by Gasteiger charge is 2.35. The summed E-state index contributed by atoms with van der Waals surface area (Å²) in [5.41, 5.74) is 2.63.